The van der Waals surface area contributed by atoms with Crippen molar-refractivity contribution in [1.82, 2.24) is 15.1 Å². The molecular weight excluding hydrogens is 478 g/mol. The number of fused-ring (bicyclic) bond motifs is 1. The summed E-state index contributed by atoms with van der Waals surface area (Å²) in [5, 5.41) is 2.85. The second-order valence-electron chi connectivity index (χ2n) is 7.66. The van der Waals surface area contributed by atoms with Crippen LogP contribution in [0.1, 0.15) is 18.4 Å². The van der Waals surface area contributed by atoms with E-state index in [4.69, 9.17) is 25.9 Å². The van der Waals surface area contributed by atoms with Crippen LogP contribution in [0.15, 0.2) is 46.3 Å². The number of benzene rings is 1. The van der Waals surface area contributed by atoms with Crippen molar-refractivity contribution in [3.05, 3.63) is 52.0 Å². The predicted molar refractivity (Wildman–Crippen MR) is 117 cm³/mol. The Hall–Kier alpha value is -2.31. The van der Waals surface area contributed by atoms with E-state index in [1.165, 1.54) is 10.4 Å². The number of hydroxylamine groups is 1. The molecule has 2 aromatic rings. The Morgan fingerprint density at radius 1 is 1.19 bits per heavy atom. The minimum Gasteiger partial charge on any atom is -0.454 e. The number of hydrogen-bond acceptors (Lipinski definition) is 8. The number of piperidine rings is 1. The molecule has 2 N–H and O–H groups in total. The standard InChI is InChI=1S/C20H20ClN3O6S2/c21-17-3-4-18(31-17)32(26,27)24-7-5-20(6-8-24)10-14(23-30-20)19(25)22-11-13-1-2-15-16(9-13)29-12-28-15/h1-4,9-10,23H,5-8,11-12H2,(H,22,25). The second-order valence-corrected chi connectivity index (χ2v) is 11.5. The van der Waals surface area contributed by atoms with Gasteiger partial charge in [0.2, 0.25) is 6.79 Å². The van der Waals surface area contributed by atoms with Crippen LogP contribution in [-0.2, 0) is 26.2 Å². The molecule has 3 aliphatic rings. The van der Waals surface area contributed by atoms with Crippen molar-refractivity contribution >= 4 is 38.9 Å². The van der Waals surface area contributed by atoms with Crippen LogP contribution in [0.4, 0.5) is 0 Å². The Kier molecular flexibility index (Phi) is 5.54. The fourth-order valence-corrected chi connectivity index (χ4v) is 6.91. The summed E-state index contributed by atoms with van der Waals surface area (Å²) < 4.78 is 38.3. The lowest BCUT2D eigenvalue weighted by atomic mass is 9.92. The van der Waals surface area contributed by atoms with Crippen molar-refractivity contribution in [2.24, 2.45) is 0 Å². The third kappa shape index (κ3) is 4.06. The molecule has 1 saturated heterocycles. The van der Waals surface area contributed by atoms with E-state index in [0.29, 0.717) is 40.9 Å². The van der Waals surface area contributed by atoms with E-state index >= 15 is 0 Å². The summed E-state index contributed by atoms with van der Waals surface area (Å²) in [7, 11) is -3.59. The van der Waals surface area contributed by atoms with E-state index in [2.05, 4.69) is 10.8 Å². The Bertz CT molecular complexity index is 1190. The van der Waals surface area contributed by atoms with Gasteiger partial charge in [0.15, 0.2) is 11.5 Å². The highest BCUT2D eigenvalue weighted by Gasteiger charge is 2.43. The summed E-state index contributed by atoms with van der Waals surface area (Å²) in [5.74, 6) is 1.04. The molecule has 5 rings (SSSR count). The van der Waals surface area contributed by atoms with Gasteiger partial charge in [-0.3, -0.25) is 15.1 Å². The Morgan fingerprint density at radius 3 is 2.72 bits per heavy atom. The second kappa shape index (κ2) is 8.23. The van der Waals surface area contributed by atoms with Gasteiger partial charge in [-0.2, -0.15) is 4.31 Å². The zero-order valence-corrected chi connectivity index (χ0v) is 19.2. The number of amides is 1. The summed E-state index contributed by atoms with van der Waals surface area (Å²) in [6.07, 6.45) is 2.60. The highest BCUT2D eigenvalue weighted by atomic mass is 35.5. The number of halogens is 1. The van der Waals surface area contributed by atoms with Crippen molar-refractivity contribution in [2.75, 3.05) is 19.9 Å². The number of hydrogen-bond donors (Lipinski definition) is 2. The number of thiophene rings is 1. The number of sulfonamides is 1. The van der Waals surface area contributed by atoms with Crippen molar-refractivity contribution in [3.8, 4) is 11.5 Å². The fourth-order valence-electron chi connectivity index (χ4n) is 3.83. The summed E-state index contributed by atoms with van der Waals surface area (Å²) >= 11 is 6.93. The lowest BCUT2D eigenvalue weighted by Crippen LogP contribution is -2.46. The van der Waals surface area contributed by atoms with E-state index in [0.717, 1.165) is 16.9 Å². The topological polar surface area (TPSA) is 106 Å². The molecule has 0 unspecified atom stereocenters. The number of nitrogens with zero attached hydrogens (tertiary/aromatic N) is 1. The quantitative estimate of drug-likeness (QED) is 0.653. The van der Waals surface area contributed by atoms with E-state index in [9.17, 15) is 13.2 Å². The number of ether oxygens (including phenoxy) is 2. The zero-order valence-electron chi connectivity index (χ0n) is 16.8. The van der Waals surface area contributed by atoms with Crippen LogP contribution in [0.25, 0.3) is 0 Å². The van der Waals surface area contributed by atoms with Crippen LogP contribution < -0.4 is 20.3 Å². The molecule has 0 radical (unpaired) electrons. The molecule has 1 fully saturated rings. The van der Waals surface area contributed by atoms with Gasteiger partial charge in [0.1, 0.15) is 15.5 Å². The van der Waals surface area contributed by atoms with Gasteiger partial charge >= 0.3 is 0 Å². The Morgan fingerprint density at radius 2 is 1.97 bits per heavy atom. The van der Waals surface area contributed by atoms with Crippen molar-refractivity contribution in [3.63, 3.8) is 0 Å². The Balaban J connectivity index is 1.19. The minimum absolute atomic E-state index is 0.196. The predicted octanol–water partition coefficient (Wildman–Crippen LogP) is 2.39. The molecule has 1 spiro atoms. The van der Waals surface area contributed by atoms with Gasteiger partial charge in [-0.1, -0.05) is 17.7 Å². The third-order valence-electron chi connectivity index (χ3n) is 5.62. The molecule has 9 nitrogen and oxygen atoms in total. The van der Waals surface area contributed by atoms with Gasteiger partial charge in [0, 0.05) is 19.6 Å². The van der Waals surface area contributed by atoms with Crippen molar-refractivity contribution in [2.45, 2.75) is 29.2 Å². The fraction of sp³-hybridized carbons (Fsp3) is 0.350. The SMILES string of the molecule is O=C(NCc1ccc2c(c1)OCO2)C1=CC2(CCN(S(=O)(=O)c3ccc(Cl)s3)CC2)ON1. The molecule has 12 heteroatoms. The third-order valence-corrected chi connectivity index (χ3v) is 9.21. The Labute approximate surface area is 193 Å². The van der Waals surface area contributed by atoms with E-state index in [1.54, 1.807) is 18.2 Å². The number of nitrogens with one attached hydrogen (secondary N) is 2. The molecule has 1 amide bonds. The molecule has 1 aromatic heterocycles. The number of rotatable bonds is 5. The molecule has 3 aliphatic heterocycles. The van der Waals surface area contributed by atoms with Gasteiger partial charge in [-0.05, 0) is 48.7 Å². The van der Waals surface area contributed by atoms with Gasteiger partial charge < -0.3 is 14.8 Å². The van der Waals surface area contributed by atoms with Crippen molar-refractivity contribution in [1.29, 1.82) is 0 Å². The van der Waals surface area contributed by atoms with E-state index in [-0.39, 0.29) is 30.0 Å². The lowest BCUT2D eigenvalue weighted by molar-refractivity contribution is -0.120. The van der Waals surface area contributed by atoms with Gasteiger partial charge in [0.25, 0.3) is 15.9 Å². The van der Waals surface area contributed by atoms with Crippen LogP contribution >= 0.6 is 22.9 Å². The minimum atomic E-state index is -3.59. The monoisotopic (exact) mass is 497 g/mol. The zero-order chi connectivity index (χ0) is 22.3. The summed E-state index contributed by atoms with van der Waals surface area (Å²) in [5.41, 5.74) is 3.18. The normalized spacial score (nSPS) is 19.6. The molecule has 170 valence electrons. The molecule has 0 atom stereocenters. The summed E-state index contributed by atoms with van der Waals surface area (Å²) in [6.45, 7) is 1.07. The van der Waals surface area contributed by atoms with Crippen LogP contribution in [0.5, 0.6) is 11.5 Å². The number of carbonyl (C=O) groups excluding carboxylic acids is 1. The summed E-state index contributed by atoms with van der Waals surface area (Å²) in [4.78, 5) is 18.3. The van der Waals surface area contributed by atoms with Crippen LogP contribution in [0.3, 0.4) is 0 Å². The van der Waals surface area contributed by atoms with Crippen LogP contribution in [0, 0.1) is 0 Å². The van der Waals surface area contributed by atoms with Gasteiger partial charge in [-0.25, -0.2) is 8.42 Å². The number of carbonyl (C=O) groups is 1. The smallest absolute Gasteiger partial charge is 0.269 e. The maximum atomic E-state index is 12.8. The first-order valence-electron chi connectivity index (χ1n) is 9.94. The molecule has 1 aromatic carbocycles. The van der Waals surface area contributed by atoms with Gasteiger partial charge in [0.05, 0.1) is 4.34 Å². The molecule has 0 saturated carbocycles. The average Bonchev–Trinajstić information content (AvgIpc) is 3.52. The molecule has 0 bridgehead atoms. The highest BCUT2D eigenvalue weighted by Crippen LogP contribution is 2.36. The molecule has 32 heavy (non-hydrogen) atoms. The highest BCUT2D eigenvalue weighted by molar-refractivity contribution is 7.91. The maximum Gasteiger partial charge on any atom is 0.269 e. The molecule has 4 heterocycles. The van der Waals surface area contributed by atoms with Crippen LogP contribution in [-0.4, -0.2) is 44.1 Å². The first kappa shape index (κ1) is 21.5. The van der Waals surface area contributed by atoms with E-state index in [1.807, 2.05) is 12.1 Å². The molecular formula is C20H20ClN3O6S2. The van der Waals surface area contributed by atoms with E-state index < -0.39 is 15.6 Å². The largest absolute Gasteiger partial charge is 0.454 e. The maximum absolute atomic E-state index is 12.8. The first-order valence-corrected chi connectivity index (χ1v) is 12.6. The molecule has 0 aliphatic carbocycles. The van der Waals surface area contributed by atoms with Crippen LogP contribution in [0.2, 0.25) is 4.34 Å². The van der Waals surface area contributed by atoms with Crippen molar-refractivity contribution < 1.29 is 27.5 Å². The lowest BCUT2D eigenvalue weighted by Gasteiger charge is -2.35. The first-order chi connectivity index (χ1) is 15.3. The van der Waals surface area contributed by atoms with Gasteiger partial charge in [-0.15, -0.1) is 11.3 Å². The average molecular weight is 498 g/mol. The summed E-state index contributed by atoms with van der Waals surface area (Å²) in [6, 6.07) is 8.59.